The Balaban J connectivity index is 1.65. The van der Waals surface area contributed by atoms with Gasteiger partial charge in [-0.2, -0.15) is 15.0 Å². The summed E-state index contributed by atoms with van der Waals surface area (Å²) >= 11 is 0. The van der Waals surface area contributed by atoms with Crippen LogP contribution in [0.2, 0.25) is 0 Å². The van der Waals surface area contributed by atoms with Gasteiger partial charge in [0.05, 0.1) is 7.11 Å². The van der Waals surface area contributed by atoms with Crippen LogP contribution < -0.4 is 20.7 Å². The maximum absolute atomic E-state index is 5.22. The lowest BCUT2D eigenvalue weighted by atomic mass is 10.2. The molecule has 0 radical (unpaired) electrons. The number of hydrogen-bond donors (Lipinski definition) is 3. The summed E-state index contributed by atoms with van der Waals surface area (Å²) in [4.78, 5) is 13.7. The molecule has 7 heteroatoms. The molecular weight excluding hydrogens is 388 g/mol. The van der Waals surface area contributed by atoms with Crippen molar-refractivity contribution in [1.29, 1.82) is 0 Å². The molecule has 0 atom stereocenters. The van der Waals surface area contributed by atoms with E-state index in [1.165, 1.54) is 0 Å². The lowest BCUT2D eigenvalue weighted by Crippen LogP contribution is -2.07. The molecule has 7 nitrogen and oxygen atoms in total. The van der Waals surface area contributed by atoms with Crippen LogP contribution in [0.1, 0.15) is 11.1 Å². The van der Waals surface area contributed by atoms with E-state index in [9.17, 15) is 0 Å². The van der Waals surface area contributed by atoms with E-state index in [2.05, 4.69) is 30.9 Å². The standard InChI is InChI=1S/C24H24N6O/c1-16-7-6-9-19(15-16)26-23-28-22(25-18-11-13-20(31-3)14-12-18)29-24(30-23)27-21-10-5-4-8-17(21)2/h4-15H,1-3H3,(H3,25,26,27,28,29,30). The number of rotatable bonds is 7. The number of ether oxygens (including phenoxy) is 1. The van der Waals surface area contributed by atoms with Crippen LogP contribution in [0, 0.1) is 13.8 Å². The largest absolute Gasteiger partial charge is 0.497 e. The summed E-state index contributed by atoms with van der Waals surface area (Å²) in [5.41, 5.74) is 4.93. The highest BCUT2D eigenvalue weighted by molar-refractivity contribution is 5.63. The first-order chi connectivity index (χ1) is 15.1. The summed E-state index contributed by atoms with van der Waals surface area (Å²) in [7, 11) is 1.64. The van der Waals surface area contributed by atoms with Crippen molar-refractivity contribution in [3.63, 3.8) is 0 Å². The summed E-state index contributed by atoms with van der Waals surface area (Å²) in [6, 6.07) is 23.6. The van der Waals surface area contributed by atoms with Gasteiger partial charge >= 0.3 is 0 Å². The Morgan fingerprint density at radius 1 is 0.645 bits per heavy atom. The Kier molecular flexibility index (Phi) is 5.93. The Hall–Kier alpha value is -4.13. The van der Waals surface area contributed by atoms with Crippen LogP contribution in [0.25, 0.3) is 0 Å². The molecular formula is C24H24N6O. The minimum atomic E-state index is 0.423. The number of aromatic nitrogens is 3. The smallest absolute Gasteiger partial charge is 0.233 e. The van der Waals surface area contributed by atoms with Gasteiger partial charge in [-0.05, 0) is 67.4 Å². The van der Waals surface area contributed by atoms with E-state index in [1.807, 2.05) is 86.6 Å². The third-order valence-electron chi connectivity index (χ3n) is 4.65. The fourth-order valence-corrected chi connectivity index (χ4v) is 3.03. The SMILES string of the molecule is COc1ccc(Nc2nc(Nc3cccc(C)c3)nc(Nc3ccccc3C)n2)cc1. The van der Waals surface area contributed by atoms with Gasteiger partial charge in [-0.15, -0.1) is 0 Å². The fraction of sp³-hybridized carbons (Fsp3) is 0.125. The Morgan fingerprint density at radius 3 is 1.94 bits per heavy atom. The molecule has 4 aromatic rings. The lowest BCUT2D eigenvalue weighted by Gasteiger charge is -2.13. The maximum atomic E-state index is 5.22. The van der Waals surface area contributed by atoms with Crippen molar-refractivity contribution >= 4 is 34.9 Å². The molecule has 1 heterocycles. The number of hydrogen-bond acceptors (Lipinski definition) is 7. The quantitative estimate of drug-likeness (QED) is 0.357. The van der Waals surface area contributed by atoms with Crippen molar-refractivity contribution in [2.45, 2.75) is 13.8 Å². The zero-order valence-electron chi connectivity index (χ0n) is 17.7. The van der Waals surface area contributed by atoms with Gasteiger partial charge < -0.3 is 20.7 Å². The number of benzene rings is 3. The van der Waals surface area contributed by atoms with Crippen LogP contribution in [-0.2, 0) is 0 Å². The minimum absolute atomic E-state index is 0.423. The second-order valence-corrected chi connectivity index (χ2v) is 7.09. The average Bonchev–Trinajstić information content (AvgIpc) is 2.76. The van der Waals surface area contributed by atoms with Crippen LogP contribution in [0.15, 0.2) is 72.8 Å². The molecule has 156 valence electrons. The molecule has 0 bridgehead atoms. The monoisotopic (exact) mass is 412 g/mol. The Bertz CT molecular complexity index is 1180. The minimum Gasteiger partial charge on any atom is -0.497 e. The van der Waals surface area contributed by atoms with Gasteiger partial charge in [0.2, 0.25) is 17.8 Å². The van der Waals surface area contributed by atoms with Crippen molar-refractivity contribution < 1.29 is 4.74 Å². The van der Waals surface area contributed by atoms with E-state index in [0.717, 1.165) is 33.9 Å². The summed E-state index contributed by atoms with van der Waals surface area (Å²) in [6.07, 6.45) is 0. The van der Waals surface area contributed by atoms with Gasteiger partial charge in [-0.25, -0.2) is 0 Å². The normalized spacial score (nSPS) is 10.4. The van der Waals surface area contributed by atoms with Gasteiger partial charge in [0.25, 0.3) is 0 Å². The van der Waals surface area contributed by atoms with E-state index in [4.69, 9.17) is 4.74 Å². The summed E-state index contributed by atoms with van der Waals surface area (Å²) in [5.74, 6) is 2.08. The third kappa shape index (κ3) is 5.27. The highest BCUT2D eigenvalue weighted by Gasteiger charge is 2.09. The summed E-state index contributed by atoms with van der Waals surface area (Å²) in [6.45, 7) is 4.08. The number of nitrogens with one attached hydrogen (secondary N) is 3. The first-order valence-electron chi connectivity index (χ1n) is 9.92. The van der Waals surface area contributed by atoms with Gasteiger partial charge in [0.15, 0.2) is 0 Å². The van der Waals surface area contributed by atoms with E-state index < -0.39 is 0 Å². The number of methoxy groups -OCH3 is 1. The highest BCUT2D eigenvalue weighted by Crippen LogP contribution is 2.23. The molecule has 31 heavy (non-hydrogen) atoms. The first-order valence-corrected chi connectivity index (χ1v) is 9.92. The molecule has 0 saturated carbocycles. The maximum Gasteiger partial charge on any atom is 0.233 e. The van der Waals surface area contributed by atoms with Crippen molar-refractivity contribution in [2.75, 3.05) is 23.1 Å². The predicted molar refractivity (Wildman–Crippen MR) is 125 cm³/mol. The number of nitrogens with zero attached hydrogens (tertiary/aromatic N) is 3. The number of para-hydroxylation sites is 1. The molecule has 1 aromatic heterocycles. The average molecular weight is 412 g/mol. The highest BCUT2D eigenvalue weighted by atomic mass is 16.5. The first kappa shape index (κ1) is 20.2. The van der Waals surface area contributed by atoms with E-state index in [0.29, 0.717) is 17.8 Å². The lowest BCUT2D eigenvalue weighted by molar-refractivity contribution is 0.415. The van der Waals surface area contributed by atoms with Crippen LogP contribution in [0.5, 0.6) is 5.75 Å². The Labute approximate surface area is 181 Å². The van der Waals surface area contributed by atoms with Gasteiger partial charge in [0, 0.05) is 17.1 Å². The molecule has 3 N–H and O–H groups in total. The number of anilines is 6. The predicted octanol–water partition coefficient (Wildman–Crippen LogP) is 5.73. The van der Waals surface area contributed by atoms with E-state index in [-0.39, 0.29) is 0 Å². The van der Waals surface area contributed by atoms with Gasteiger partial charge in [-0.1, -0.05) is 30.3 Å². The molecule has 0 saturated heterocycles. The number of aryl methyl sites for hydroxylation is 2. The van der Waals surface area contributed by atoms with Crippen LogP contribution >= 0.6 is 0 Å². The van der Waals surface area contributed by atoms with E-state index >= 15 is 0 Å². The third-order valence-corrected chi connectivity index (χ3v) is 4.65. The molecule has 0 fully saturated rings. The zero-order chi connectivity index (χ0) is 21.6. The van der Waals surface area contributed by atoms with Crippen molar-refractivity contribution in [3.05, 3.63) is 83.9 Å². The molecule has 0 aliphatic rings. The van der Waals surface area contributed by atoms with Crippen molar-refractivity contribution in [3.8, 4) is 5.75 Å². The zero-order valence-corrected chi connectivity index (χ0v) is 17.7. The van der Waals surface area contributed by atoms with Crippen LogP contribution in [0.3, 0.4) is 0 Å². The van der Waals surface area contributed by atoms with Gasteiger partial charge in [-0.3, -0.25) is 0 Å². The van der Waals surface area contributed by atoms with E-state index in [1.54, 1.807) is 7.11 Å². The van der Waals surface area contributed by atoms with Crippen LogP contribution in [-0.4, -0.2) is 22.1 Å². The van der Waals surface area contributed by atoms with Crippen LogP contribution in [0.4, 0.5) is 34.9 Å². The summed E-state index contributed by atoms with van der Waals surface area (Å²) in [5, 5.41) is 9.80. The second kappa shape index (κ2) is 9.13. The molecule has 0 spiro atoms. The molecule has 0 aliphatic carbocycles. The Morgan fingerprint density at radius 2 is 1.29 bits per heavy atom. The fourth-order valence-electron chi connectivity index (χ4n) is 3.03. The topological polar surface area (TPSA) is 84.0 Å². The van der Waals surface area contributed by atoms with Crippen molar-refractivity contribution in [2.24, 2.45) is 0 Å². The van der Waals surface area contributed by atoms with Gasteiger partial charge in [0.1, 0.15) is 5.75 Å². The second-order valence-electron chi connectivity index (χ2n) is 7.09. The van der Waals surface area contributed by atoms with Crippen molar-refractivity contribution in [1.82, 2.24) is 15.0 Å². The molecule has 0 aliphatic heterocycles. The molecule has 0 amide bonds. The molecule has 4 rings (SSSR count). The molecule has 3 aromatic carbocycles. The summed E-state index contributed by atoms with van der Waals surface area (Å²) < 4.78 is 5.22. The molecule has 0 unspecified atom stereocenters.